The summed E-state index contributed by atoms with van der Waals surface area (Å²) in [5.41, 5.74) is -1.39. The van der Waals surface area contributed by atoms with Gasteiger partial charge in [-0.1, -0.05) is 44.9 Å². The molecular formula is C73H127N9O28. The minimum Gasteiger partial charge on any atom is -0.394 e. The number of rotatable bonds is 62. The minimum absolute atomic E-state index is 0.0450. The Morgan fingerprint density at radius 1 is 0.409 bits per heavy atom. The summed E-state index contributed by atoms with van der Waals surface area (Å²) in [6.45, 7) is 1.24. The molecule has 10 amide bonds. The molecule has 4 aliphatic rings. The first kappa shape index (κ1) is 96.3. The fourth-order valence-electron chi connectivity index (χ4n) is 12.2. The van der Waals surface area contributed by atoms with Gasteiger partial charge in [0, 0.05) is 142 Å². The van der Waals surface area contributed by atoms with Gasteiger partial charge < -0.3 is 131 Å². The van der Waals surface area contributed by atoms with E-state index in [-0.39, 0.29) is 197 Å². The predicted octanol–water partition coefficient (Wildman–Crippen LogP) is -3.08. The molecular weight excluding hydrogens is 1450 g/mol. The molecule has 13 atom stereocenters. The van der Waals surface area contributed by atoms with Crippen LogP contribution in [0.2, 0.25) is 0 Å². The molecule has 0 aromatic rings. The smallest absolute Gasteiger partial charge is 0.253 e. The lowest BCUT2D eigenvalue weighted by Gasteiger charge is -2.42. The van der Waals surface area contributed by atoms with Crippen molar-refractivity contribution in [2.24, 2.45) is 0 Å². The van der Waals surface area contributed by atoms with Gasteiger partial charge in [0.2, 0.25) is 47.3 Å². The van der Waals surface area contributed by atoms with Gasteiger partial charge in [-0.25, -0.2) is 0 Å². The second-order valence-electron chi connectivity index (χ2n) is 28.1. The lowest BCUT2D eigenvalue weighted by atomic mass is 9.97. The number of ether oxygens (including phenoxy) is 9. The van der Waals surface area contributed by atoms with Crippen LogP contribution in [0.1, 0.15) is 180 Å². The summed E-state index contributed by atoms with van der Waals surface area (Å²) < 4.78 is 51.8. The molecule has 3 saturated heterocycles. The molecule has 17 N–H and O–H groups in total. The molecule has 4 heterocycles. The summed E-state index contributed by atoms with van der Waals surface area (Å²) in [6.07, 6.45) is 1.56. The van der Waals surface area contributed by atoms with E-state index in [4.69, 9.17) is 42.6 Å². The first-order chi connectivity index (χ1) is 53.0. The van der Waals surface area contributed by atoms with Crippen LogP contribution in [0.5, 0.6) is 0 Å². The van der Waals surface area contributed by atoms with Crippen LogP contribution in [0, 0.1) is 0 Å². The molecule has 0 aliphatic carbocycles. The largest absolute Gasteiger partial charge is 0.394 e. The average molecular weight is 1580 g/mol. The highest BCUT2D eigenvalue weighted by atomic mass is 16.7. The van der Waals surface area contributed by atoms with Crippen molar-refractivity contribution in [3.8, 4) is 0 Å². The van der Waals surface area contributed by atoms with Gasteiger partial charge in [0.15, 0.2) is 18.9 Å². The van der Waals surface area contributed by atoms with Crippen molar-refractivity contribution in [2.75, 3.05) is 125 Å². The lowest BCUT2D eigenvalue weighted by Crippen LogP contribution is -2.64. The Kier molecular flexibility index (Phi) is 49.9. The number of carbonyl (C=O) groups excluding carboxylic acids is 10. The molecule has 4 aliphatic heterocycles. The molecule has 37 heteroatoms. The van der Waals surface area contributed by atoms with Crippen molar-refractivity contribution in [2.45, 2.75) is 266 Å². The van der Waals surface area contributed by atoms with Gasteiger partial charge in [-0.2, -0.15) is 0 Å². The fraction of sp³-hybridized carbons (Fsp3) is 0.836. The number of unbranched alkanes of at least 4 members (excludes halogenated alkanes) is 11. The number of amides is 10. The quantitative estimate of drug-likeness (QED) is 0.0212. The highest BCUT2D eigenvalue weighted by molar-refractivity contribution is 6.12. The zero-order chi connectivity index (χ0) is 80.3. The standard InChI is InChI=1S/C73H127N9O28/c1-50(86)80-67-71(101)70(100)55(46-85)110-72(67)107-38-16-12-22-58(91)76-31-19-34-79-61(94)28-41-104-49-73(81-62(95)23-9-7-5-3-2-4-6-8-13-35-82-63(96)24-25-64(82)97,47-102-39-26-59(92)77-32-17-29-74-56(89)20-10-14-36-105-65-42-51(87)68(98)53(44-83)108-65)48-103-40-27-60(93)78-33-18-30-75-57(90)21-11-15-37-106-66-43-52(88)69(99)54(45-84)109-66/h24-25,51-55,65-72,83-85,87-88,98-101H,2-23,26-49H2,1H3,(H,74,89)(H,75,90)(H,76,91)(H,77,92)(H,78,93)(H,79,94)(H,80,86)(H,81,95)/t51-,52-,53-,54-,55-,65-,66-,67-,68-,69-,70+,71-,72-/m1/s1. The molecule has 4 rings (SSSR count). The van der Waals surface area contributed by atoms with Crippen LogP contribution in [-0.2, 0) is 90.6 Å². The molecule has 632 valence electrons. The number of imide groups is 1. The molecule has 0 saturated carbocycles. The normalized spacial score (nSPS) is 23.4. The van der Waals surface area contributed by atoms with Gasteiger partial charge in [0.25, 0.3) is 11.8 Å². The van der Waals surface area contributed by atoms with Gasteiger partial charge in [-0.3, -0.25) is 52.8 Å². The first-order valence-corrected chi connectivity index (χ1v) is 39.2. The van der Waals surface area contributed by atoms with Gasteiger partial charge in [-0.05, 0) is 70.6 Å². The third kappa shape index (κ3) is 40.6. The molecule has 0 bridgehead atoms. The van der Waals surface area contributed by atoms with Crippen molar-refractivity contribution >= 4 is 59.1 Å². The summed E-state index contributed by atoms with van der Waals surface area (Å²) in [6, 6.07) is -1.09. The molecule has 0 radical (unpaired) electrons. The Balaban J connectivity index is 1.26. The van der Waals surface area contributed by atoms with Crippen LogP contribution in [0.3, 0.4) is 0 Å². The number of aliphatic hydroxyl groups excluding tert-OH is 9. The van der Waals surface area contributed by atoms with E-state index in [0.717, 1.165) is 51.4 Å². The minimum atomic E-state index is -1.45. The number of nitrogens with one attached hydrogen (secondary N) is 8. The van der Waals surface area contributed by atoms with Crippen LogP contribution >= 0.6 is 0 Å². The van der Waals surface area contributed by atoms with Crippen molar-refractivity contribution in [1.82, 2.24) is 47.4 Å². The highest BCUT2D eigenvalue weighted by Crippen LogP contribution is 2.25. The van der Waals surface area contributed by atoms with E-state index in [1.165, 1.54) is 24.0 Å². The fourth-order valence-corrected chi connectivity index (χ4v) is 12.2. The molecule has 0 aromatic heterocycles. The number of aliphatic hydroxyl groups is 9. The Morgan fingerprint density at radius 3 is 1.13 bits per heavy atom. The summed E-state index contributed by atoms with van der Waals surface area (Å²) in [7, 11) is 0. The Morgan fingerprint density at radius 2 is 0.745 bits per heavy atom. The average Bonchev–Trinajstić information content (AvgIpc) is 1.01. The van der Waals surface area contributed by atoms with Crippen molar-refractivity contribution in [1.29, 1.82) is 0 Å². The number of hydrogen-bond donors (Lipinski definition) is 17. The highest BCUT2D eigenvalue weighted by Gasteiger charge is 2.46. The van der Waals surface area contributed by atoms with E-state index in [2.05, 4.69) is 42.5 Å². The summed E-state index contributed by atoms with van der Waals surface area (Å²) in [4.78, 5) is 127. The number of hydrogen-bond acceptors (Lipinski definition) is 28. The van der Waals surface area contributed by atoms with Gasteiger partial charge in [0.05, 0.1) is 71.7 Å². The maximum absolute atomic E-state index is 13.9. The second kappa shape index (κ2) is 57.0. The van der Waals surface area contributed by atoms with Gasteiger partial charge in [0.1, 0.15) is 54.3 Å². The van der Waals surface area contributed by atoms with Crippen LogP contribution < -0.4 is 42.5 Å². The van der Waals surface area contributed by atoms with Gasteiger partial charge in [-0.15, -0.1) is 0 Å². The maximum Gasteiger partial charge on any atom is 0.253 e. The molecule has 3 fully saturated rings. The summed E-state index contributed by atoms with van der Waals surface area (Å²) in [5.74, 6) is -3.08. The maximum atomic E-state index is 13.9. The molecule has 0 spiro atoms. The Hall–Kier alpha value is -6.08. The zero-order valence-electron chi connectivity index (χ0n) is 63.9. The van der Waals surface area contributed by atoms with E-state index < -0.39 is 111 Å². The molecule has 110 heavy (non-hydrogen) atoms. The SMILES string of the molecule is CC(=O)N[C@H]1[C@H](OCCCCC(=O)NCCCNC(=O)CCOCC(COCCC(=O)NCCCNC(=O)CCCCO[C@H]2C[C@@H](O)[C@@H](O)[C@@H](CO)O2)(COCCC(=O)NCCCNC(=O)CCCCO[C@H]2C[C@@H](O)[C@@H](O)[C@@H](CO)O2)NC(=O)CCCCCCCCCCCN2C(=O)C=CC2=O)O[C@H](CO)[C@H](O)[C@@H]1O. The monoisotopic (exact) mass is 1580 g/mol. The van der Waals surface area contributed by atoms with Crippen molar-refractivity contribution in [3.63, 3.8) is 0 Å². The lowest BCUT2D eigenvalue weighted by molar-refractivity contribution is -0.270. The van der Waals surface area contributed by atoms with E-state index >= 15 is 0 Å². The molecule has 37 nitrogen and oxygen atoms in total. The van der Waals surface area contributed by atoms with Crippen LogP contribution in [-0.4, -0.2) is 320 Å². The number of nitrogens with zero attached hydrogens (tertiary/aromatic N) is 1. The first-order valence-electron chi connectivity index (χ1n) is 39.2. The Labute approximate surface area is 643 Å². The van der Waals surface area contributed by atoms with Crippen LogP contribution in [0.25, 0.3) is 0 Å². The third-order valence-electron chi connectivity index (χ3n) is 18.6. The van der Waals surface area contributed by atoms with E-state index in [9.17, 15) is 93.9 Å². The molecule has 0 unspecified atom stereocenters. The van der Waals surface area contributed by atoms with E-state index in [0.29, 0.717) is 83.8 Å². The van der Waals surface area contributed by atoms with Crippen LogP contribution in [0.4, 0.5) is 0 Å². The van der Waals surface area contributed by atoms with E-state index in [1.807, 2.05) is 0 Å². The number of carbonyl (C=O) groups is 10. The van der Waals surface area contributed by atoms with Crippen molar-refractivity contribution < 1.29 is 137 Å². The molecule has 0 aromatic carbocycles. The van der Waals surface area contributed by atoms with Crippen molar-refractivity contribution in [3.05, 3.63) is 12.2 Å². The second-order valence-corrected chi connectivity index (χ2v) is 28.1. The summed E-state index contributed by atoms with van der Waals surface area (Å²) in [5, 5.41) is 111. The predicted molar refractivity (Wildman–Crippen MR) is 391 cm³/mol. The van der Waals surface area contributed by atoms with E-state index in [1.54, 1.807) is 0 Å². The zero-order valence-corrected chi connectivity index (χ0v) is 63.9. The summed E-state index contributed by atoms with van der Waals surface area (Å²) >= 11 is 0. The van der Waals surface area contributed by atoms with Gasteiger partial charge >= 0.3 is 0 Å². The Bertz CT molecular complexity index is 2610. The topological polar surface area (TPSA) is 535 Å². The third-order valence-corrected chi connectivity index (χ3v) is 18.6. The van der Waals surface area contributed by atoms with Crippen LogP contribution in [0.15, 0.2) is 12.2 Å².